The van der Waals surface area contributed by atoms with E-state index in [4.69, 9.17) is 11.6 Å². The number of halogens is 3. The lowest BCUT2D eigenvalue weighted by atomic mass is 10.2. The van der Waals surface area contributed by atoms with Crippen LogP contribution in [-0.2, 0) is 4.79 Å². The fraction of sp³-hybridized carbons (Fsp3) is 0. The molecule has 20 heavy (non-hydrogen) atoms. The van der Waals surface area contributed by atoms with Crippen molar-refractivity contribution in [3.8, 4) is 0 Å². The van der Waals surface area contributed by atoms with Crippen LogP contribution in [0.1, 0.15) is 5.56 Å². The highest BCUT2D eigenvalue weighted by Gasteiger charge is 2.02. The van der Waals surface area contributed by atoms with Gasteiger partial charge < -0.3 is 5.32 Å². The number of nitrogens with zero attached hydrogens (tertiary/aromatic N) is 1. The molecule has 0 spiro atoms. The van der Waals surface area contributed by atoms with E-state index in [1.807, 2.05) is 0 Å². The summed E-state index contributed by atoms with van der Waals surface area (Å²) in [6, 6.07) is 7.48. The Hall–Kier alpha value is -1.72. The van der Waals surface area contributed by atoms with Crippen molar-refractivity contribution in [3.63, 3.8) is 0 Å². The van der Waals surface area contributed by atoms with Crippen LogP contribution in [0.15, 0.2) is 47.1 Å². The van der Waals surface area contributed by atoms with Gasteiger partial charge in [0.15, 0.2) is 0 Å². The second-order valence-electron chi connectivity index (χ2n) is 3.87. The standard InChI is InChI=1S/C14H9BrClFN2O/c15-12-7-11(8-18-14(12)16)19-13(20)6-3-9-1-4-10(17)5-2-9/h1-8H,(H,19,20)/b6-3+. The first-order chi connectivity index (χ1) is 9.54. The molecule has 0 fully saturated rings. The highest BCUT2D eigenvalue weighted by molar-refractivity contribution is 9.10. The Balaban J connectivity index is 2.01. The van der Waals surface area contributed by atoms with E-state index in [0.717, 1.165) is 5.56 Å². The second kappa shape index (κ2) is 6.63. The summed E-state index contributed by atoms with van der Waals surface area (Å²) >= 11 is 8.98. The number of anilines is 1. The van der Waals surface area contributed by atoms with Gasteiger partial charge in [-0.3, -0.25) is 4.79 Å². The van der Waals surface area contributed by atoms with Gasteiger partial charge >= 0.3 is 0 Å². The molecule has 0 saturated carbocycles. The first-order valence-corrected chi connectivity index (χ1v) is 6.77. The number of hydrogen-bond acceptors (Lipinski definition) is 2. The van der Waals surface area contributed by atoms with Crippen molar-refractivity contribution in [1.82, 2.24) is 4.98 Å². The van der Waals surface area contributed by atoms with Gasteiger partial charge in [0.05, 0.1) is 16.4 Å². The minimum atomic E-state index is -0.316. The Morgan fingerprint density at radius 1 is 1.35 bits per heavy atom. The number of pyridine rings is 1. The number of carbonyl (C=O) groups excluding carboxylic acids is 1. The van der Waals surface area contributed by atoms with E-state index >= 15 is 0 Å². The van der Waals surface area contributed by atoms with Gasteiger partial charge in [-0.2, -0.15) is 0 Å². The highest BCUT2D eigenvalue weighted by atomic mass is 79.9. The molecule has 0 bridgehead atoms. The smallest absolute Gasteiger partial charge is 0.248 e. The van der Waals surface area contributed by atoms with Crippen molar-refractivity contribution in [1.29, 1.82) is 0 Å². The number of aromatic nitrogens is 1. The number of carbonyl (C=O) groups is 1. The number of nitrogens with one attached hydrogen (secondary N) is 1. The number of benzene rings is 1. The van der Waals surface area contributed by atoms with Gasteiger partial charge in [-0.1, -0.05) is 23.7 Å². The third-order valence-electron chi connectivity index (χ3n) is 2.36. The van der Waals surface area contributed by atoms with E-state index in [1.165, 1.54) is 24.4 Å². The van der Waals surface area contributed by atoms with Crippen molar-refractivity contribution >= 4 is 45.2 Å². The van der Waals surface area contributed by atoms with Crippen LogP contribution in [0.3, 0.4) is 0 Å². The van der Waals surface area contributed by atoms with E-state index in [-0.39, 0.29) is 11.7 Å². The van der Waals surface area contributed by atoms with Crippen molar-refractivity contribution in [2.24, 2.45) is 0 Å². The Morgan fingerprint density at radius 2 is 2.05 bits per heavy atom. The molecule has 0 unspecified atom stereocenters. The lowest BCUT2D eigenvalue weighted by molar-refractivity contribution is -0.111. The molecule has 0 aliphatic rings. The van der Waals surface area contributed by atoms with E-state index in [9.17, 15) is 9.18 Å². The van der Waals surface area contributed by atoms with Gasteiger partial charge in [0.25, 0.3) is 0 Å². The molecule has 0 aliphatic heterocycles. The van der Waals surface area contributed by atoms with Crippen LogP contribution < -0.4 is 5.32 Å². The lowest BCUT2D eigenvalue weighted by Gasteiger charge is -2.03. The van der Waals surface area contributed by atoms with Gasteiger partial charge in [-0.15, -0.1) is 0 Å². The van der Waals surface area contributed by atoms with Gasteiger partial charge in [-0.05, 0) is 45.8 Å². The quantitative estimate of drug-likeness (QED) is 0.659. The molecule has 1 aromatic heterocycles. The van der Waals surface area contributed by atoms with E-state index in [0.29, 0.717) is 15.3 Å². The maximum absolute atomic E-state index is 12.7. The Morgan fingerprint density at radius 3 is 2.70 bits per heavy atom. The molecule has 2 rings (SSSR count). The van der Waals surface area contributed by atoms with E-state index in [2.05, 4.69) is 26.2 Å². The number of amides is 1. The summed E-state index contributed by atoms with van der Waals surface area (Å²) in [5, 5.41) is 2.96. The van der Waals surface area contributed by atoms with Crippen LogP contribution >= 0.6 is 27.5 Å². The molecule has 0 saturated heterocycles. The zero-order valence-electron chi connectivity index (χ0n) is 10.1. The predicted octanol–water partition coefficient (Wildman–Crippen LogP) is 4.29. The largest absolute Gasteiger partial charge is 0.321 e. The molecular weight excluding hydrogens is 347 g/mol. The molecule has 102 valence electrons. The van der Waals surface area contributed by atoms with Gasteiger partial charge in [-0.25, -0.2) is 9.37 Å². The van der Waals surface area contributed by atoms with E-state index in [1.54, 1.807) is 24.3 Å². The van der Waals surface area contributed by atoms with E-state index < -0.39 is 0 Å². The van der Waals surface area contributed by atoms with Gasteiger partial charge in [0.1, 0.15) is 11.0 Å². The summed E-state index contributed by atoms with van der Waals surface area (Å²) in [7, 11) is 0. The monoisotopic (exact) mass is 354 g/mol. The van der Waals surface area contributed by atoms with Crippen LogP contribution in [0.2, 0.25) is 5.15 Å². The third kappa shape index (κ3) is 4.15. The molecule has 0 atom stereocenters. The predicted molar refractivity (Wildman–Crippen MR) is 81.0 cm³/mol. The van der Waals surface area contributed by atoms with Crippen LogP contribution in [0, 0.1) is 5.82 Å². The molecule has 0 aliphatic carbocycles. The highest BCUT2D eigenvalue weighted by Crippen LogP contribution is 2.22. The van der Waals surface area contributed by atoms with Crippen molar-refractivity contribution in [2.75, 3.05) is 5.32 Å². The molecule has 1 N–H and O–H groups in total. The SMILES string of the molecule is O=C(/C=C/c1ccc(F)cc1)Nc1cnc(Cl)c(Br)c1. The van der Waals surface area contributed by atoms with Crippen molar-refractivity contribution in [2.45, 2.75) is 0 Å². The maximum Gasteiger partial charge on any atom is 0.248 e. The maximum atomic E-state index is 12.7. The summed E-state index contributed by atoms with van der Waals surface area (Å²) in [4.78, 5) is 15.6. The molecule has 0 radical (unpaired) electrons. The lowest BCUT2D eigenvalue weighted by Crippen LogP contribution is -2.08. The summed E-state index contributed by atoms with van der Waals surface area (Å²) < 4.78 is 13.3. The summed E-state index contributed by atoms with van der Waals surface area (Å²) in [5.74, 6) is -0.631. The number of hydrogen-bond donors (Lipinski definition) is 1. The third-order valence-corrected chi connectivity index (χ3v) is 3.49. The first-order valence-electron chi connectivity index (χ1n) is 5.60. The zero-order valence-corrected chi connectivity index (χ0v) is 12.5. The second-order valence-corrected chi connectivity index (χ2v) is 5.08. The normalized spacial score (nSPS) is 10.8. The van der Waals surface area contributed by atoms with Crippen molar-refractivity contribution < 1.29 is 9.18 Å². The fourth-order valence-electron chi connectivity index (χ4n) is 1.42. The first kappa shape index (κ1) is 14.7. The summed E-state index contributed by atoms with van der Waals surface area (Å²) in [5.41, 5.74) is 1.26. The van der Waals surface area contributed by atoms with Gasteiger partial charge in [0.2, 0.25) is 5.91 Å². The molecule has 1 amide bonds. The summed E-state index contributed by atoms with van der Waals surface area (Å²) in [6.45, 7) is 0. The Bertz CT molecular complexity index is 659. The topological polar surface area (TPSA) is 42.0 Å². The van der Waals surface area contributed by atoms with Crippen LogP contribution in [0.4, 0.5) is 10.1 Å². The average Bonchev–Trinajstić information content (AvgIpc) is 2.42. The molecular formula is C14H9BrClFN2O. The molecule has 6 heteroatoms. The Labute approximate surface area is 128 Å². The number of rotatable bonds is 3. The van der Waals surface area contributed by atoms with Crippen LogP contribution in [-0.4, -0.2) is 10.9 Å². The van der Waals surface area contributed by atoms with Crippen molar-refractivity contribution in [3.05, 3.63) is 63.6 Å². The summed E-state index contributed by atoms with van der Waals surface area (Å²) in [6.07, 6.45) is 4.40. The fourth-order valence-corrected chi connectivity index (χ4v) is 1.87. The minimum absolute atomic E-state index is 0.314. The van der Waals surface area contributed by atoms with Gasteiger partial charge in [0, 0.05) is 6.08 Å². The molecule has 3 nitrogen and oxygen atoms in total. The molecule has 2 aromatic rings. The zero-order chi connectivity index (χ0) is 14.5. The molecule has 1 heterocycles. The average molecular weight is 356 g/mol. The van der Waals surface area contributed by atoms with Crippen LogP contribution in [0.25, 0.3) is 6.08 Å². The minimum Gasteiger partial charge on any atom is -0.321 e. The Kier molecular flexibility index (Phi) is 4.87. The van der Waals surface area contributed by atoms with Crippen LogP contribution in [0.5, 0.6) is 0 Å². The molecule has 1 aromatic carbocycles.